The minimum Gasteiger partial charge on any atom is -0.406 e. The van der Waals surface area contributed by atoms with Crippen molar-refractivity contribution in [3.63, 3.8) is 0 Å². The Hall–Kier alpha value is -3.04. The summed E-state index contributed by atoms with van der Waals surface area (Å²) < 4.78 is 40.7. The summed E-state index contributed by atoms with van der Waals surface area (Å²) in [7, 11) is 1.75. The molecule has 1 aliphatic rings. The molecule has 10 heteroatoms. The van der Waals surface area contributed by atoms with E-state index in [1.54, 1.807) is 18.1 Å². The molecule has 1 aliphatic heterocycles. The summed E-state index contributed by atoms with van der Waals surface area (Å²) in [4.78, 5) is 22.9. The summed E-state index contributed by atoms with van der Waals surface area (Å²) in [5.74, 6) is -0.0125. The summed E-state index contributed by atoms with van der Waals surface area (Å²) in [5.41, 5.74) is 6.80. The Bertz CT molecular complexity index is 851. The van der Waals surface area contributed by atoms with Gasteiger partial charge in [-0.15, -0.1) is 13.2 Å². The topological polar surface area (TPSA) is 93.4 Å². The number of piperidine rings is 1. The van der Waals surface area contributed by atoms with Crippen LogP contribution in [0.15, 0.2) is 30.5 Å². The third kappa shape index (κ3) is 4.62. The number of alkyl halides is 3. The Morgan fingerprint density at radius 2 is 2.00 bits per heavy atom. The molecular formula is C18H20F3N5O2. The van der Waals surface area contributed by atoms with Gasteiger partial charge in [0.15, 0.2) is 0 Å². The number of halogens is 3. The number of benzene rings is 1. The first-order valence-corrected chi connectivity index (χ1v) is 8.72. The monoisotopic (exact) mass is 395 g/mol. The molecule has 1 aromatic carbocycles. The van der Waals surface area contributed by atoms with E-state index in [0.717, 1.165) is 30.7 Å². The number of likely N-dealkylation sites (tertiary alicyclic amines) is 1. The van der Waals surface area contributed by atoms with Gasteiger partial charge in [-0.25, -0.2) is 9.97 Å². The normalized spacial score (nSPS) is 15.4. The first kappa shape index (κ1) is 19.7. The number of hydrogen-bond donors (Lipinski definition) is 2. The number of anilines is 2. The molecule has 3 N–H and O–H groups in total. The highest BCUT2D eigenvalue weighted by Gasteiger charge is 2.32. The van der Waals surface area contributed by atoms with Crippen molar-refractivity contribution in [3.05, 3.63) is 41.7 Å². The zero-order chi connectivity index (χ0) is 20.3. The second-order valence-corrected chi connectivity index (χ2v) is 6.42. The van der Waals surface area contributed by atoms with Crippen LogP contribution in [0.3, 0.4) is 0 Å². The highest BCUT2D eigenvalue weighted by Crippen LogP contribution is 2.30. The van der Waals surface area contributed by atoms with Crippen molar-refractivity contribution in [1.29, 1.82) is 0 Å². The van der Waals surface area contributed by atoms with Crippen LogP contribution >= 0.6 is 0 Å². The maximum atomic E-state index is 12.7. The van der Waals surface area contributed by atoms with Crippen LogP contribution in [0, 0.1) is 0 Å². The molecule has 0 spiro atoms. The van der Waals surface area contributed by atoms with E-state index in [4.69, 9.17) is 5.73 Å². The summed E-state index contributed by atoms with van der Waals surface area (Å²) in [5, 5.41) is 2.90. The van der Waals surface area contributed by atoms with E-state index >= 15 is 0 Å². The molecule has 150 valence electrons. The van der Waals surface area contributed by atoms with E-state index in [2.05, 4.69) is 20.0 Å². The minimum atomic E-state index is -4.81. The zero-order valence-corrected chi connectivity index (χ0v) is 15.2. The zero-order valence-electron chi connectivity index (χ0n) is 15.2. The van der Waals surface area contributed by atoms with Crippen LogP contribution in [0.5, 0.6) is 5.75 Å². The standard InChI is InChI=1S/C18H20F3N5O2/c1-23-17-24-7-4-15(25-17)11-5-8-26(9-6-11)16(27)13-3-2-12(10-14(13)22)28-18(19,20)21/h2-4,7,10-11H,5-6,8-9,22H2,1H3,(H,23,24,25). The number of nitrogens with zero attached hydrogens (tertiary/aromatic N) is 3. The highest BCUT2D eigenvalue weighted by molar-refractivity contribution is 5.99. The number of nitrogens with one attached hydrogen (secondary N) is 1. The Labute approximate surface area is 159 Å². The van der Waals surface area contributed by atoms with Crippen molar-refractivity contribution in [2.24, 2.45) is 0 Å². The van der Waals surface area contributed by atoms with Crippen LogP contribution in [0.25, 0.3) is 0 Å². The number of nitrogens with two attached hydrogens (primary N) is 1. The molecule has 3 rings (SSSR count). The van der Waals surface area contributed by atoms with Crippen LogP contribution < -0.4 is 15.8 Å². The average Bonchev–Trinajstić information content (AvgIpc) is 2.66. The van der Waals surface area contributed by atoms with Gasteiger partial charge in [0.25, 0.3) is 5.91 Å². The summed E-state index contributed by atoms with van der Waals surface area (Å²) in [6.45, 7) is 1.01. The van der Waals surface area contributed by atoms with E-state index in [-0.39, 0.29) is 23.1 Å². The molecule has 0 aliphatic carbocycles. The third-order valence-corrected chi connectivity index (χ3v) is 4.59. The molecule has 0 saturated carbocycles. The number of nitrogen functional groups attached to an aromatic ring is 1. The second-order valence-electron chi connectivity index (χ2n) is 6.42. The average molecular weight is 395 g/mol. The van der Waals surface area contributed by atoms with Crippen molar-refractivity contribution in [2.45, 2.75) is 25.1 Å². The molecule has 1 amide bonds. The van der Waals surface area contributed by atoms with Gasteiger partial charge in [-0.05, 0) is 31.0 Å². The van der Waals surface area contributed by atoms with Crippen LogP contribution in [0.4, 0.5) is 24.8 Å². The van der Waals surface area contributed by atoms with Gasteiger partial charge in [0, 0.05) is 49.7 Å². The van der Waals surface area contributed by atoms with Crippen molar-refractivity contribution in [3.8, 4) is 5.75 Å². The molecule has 0 bridgehead atoms. The van der Waals surface area contributed by atoms with Crippen molar-refractivity contribution >= 4 is 17.5 Å². The molecule has 2 aromatic rings. The molecule has 1 aromatic heterocycles. The van der Waals surface area contributed by atoms with E-state index in [9.17, 15) is 18.0 Å². The van der Waals surface area contributed by atoms with Gasteiger partial charge in [0.1, 0.15) is 5.75 Å². The number of hydrogen-bond acceptors (Lipinski definition) is 6. The molecular weight excluding hydrogens is 375 g/mol. The molecule has 1 fully saturated rings. The maximum Gasteiger partial charge on any atom is 0.573 e. The molecule has 7 nitrogen and oxygen atoms in total. The lowest BCUT2D eigenvalue weighted by Crippen LogP contribution is -2.38. The smallest absolute Gasteiger partial charge is 0.406 e. The lowest BCUT2D eigenvalue weighted by Gasteiger charge is -2.32. The van der Waals surface area contributed by atoms with Crippen LogP contribution in [0.1, 0.15) is 34.8 Å². The van der Waals surface area contributed by atoms with Gasteiger partial charge < -0.3 is 20.7 Å². The number of carbonyl (C=O) groups is 1. The van der Waals surface area contributed by atoms with E-state index in [1.165, 1.54) is 6.07 Å². The van der Waals surface area contributed by atoms with Gasteiger partial charge in [-0.1, -0.05) is 0 Å². The Kier molecular flexibility index (Phi) is 5.57. The van der Waals surface area contributed by atoms with Crippen molar-refractivity contribution in [1.82, 2.24) is 14.9 Å². The molecule has 0 atom stereocenters. The number of ether oxygens (including phenoxy) is 1. The fourth-order valence-corrected chi connectivity index (χ4v) is 3.20. The summed E-state index contributed by atoms with van der Waals surface area (Å²) in [6.07, 6.45) is -1.67. The Morgan fingerprint density at radius 3 is 2.61 bits per heavy atom. The second kappa shape index (κ2) is 7.91. The van der Waals surface area contributed by atoms with Crippen LogP contribution in [0.2, 0.25) is 0 Å². The van der Waals surface area contributed by atoms with E-state index in [1.807, 2.05) is 6.07 Å². The lowest BCUT2D eigenvalue weighted by atomic mass is 9.93. The van der Waals surface area contributed by atoms with Gasteiger partial charge in [-0.3, -0.25) is 4.79 Å². The number of aromatic nitrogens is 2. The highest BCUT2D eigenvalue weighted by atomic mass is 19.4. The number of rotatable bonds is 4. The van der Waals surface area contributed by atoms with Gasteiger partial charge in [-0.2, -0.15) is 0 Å². The maximum absolute atomic E-state index is 12.7. The Morgan fingerprint density at radius 1 is 1.29 bits per heavy atom. The molecule has 2 heterocycles. The minimum absolute atomic E-state index is 0.0525. The predicted molar refractivity (Wildman–Crippen MR) is 97.0 cm³/mol. The molecule has 28 heavy (non-hydrogen) atoms. The molecule has 0 radical (unpaired) electrons. The molecule has 0 unspecified atom stereocenters. The third-order valence-electron chi connectivity index (χ3n) is 4.59. The summed E-state index contributed by atoms with van der Waals surface area (Å²) in [6, 6.07) is 5.21. The summed E-state index contributed by atoms with van der Waals surface area (Å²) >= 11 is 0. The fourth-order valence-electron chi connectivity index (χ4n) is 3.20. The van der Waals surface area contributed by atoms with Crippen molar-refractivity contribution < 1.29 is 22.7 Å². The van der Waals surface area contributed by atoms with E-state index < -0.39 is 12.1 Å². The van der Waals surface area contributed by atoms with Gasteiger partial charge in [0.05, 0.1) is 5.56 Å². The van der Waals surface area contributed by atoms with E-state index in [0.29, 0.717) is 19.0 Å². The fraction of sp³-hybridized carbons (Fsp3) is 0.389. The van der Waals surface area contributed by atoms with Crippen LogP contribution in [-0.4, -0.2) is 47.3 Å². The largest absolute Gasteiger partial charge is 0.573 e. The van der Waals surface area contributed by atoms with Gasteiger partial charge >= 0.3 is 6.36 Å². The van der Waals surface area contributed by atoms with Crippen LogP contribution in [-0.2, 0) is 0 Å². The molecule has 1 saturated heterocycles. The predicted octanol–water partition coefficient (Wildman–Crippen LogP) is 3.02. The number of carbonyl (C=O) groups excluding carboxylic acids is 1. The Balaban J connectivity index is 1.65. The number of amides is 1. The lowest BCUT2D eigenvalue weighted by molar-refractivity contribution is -0.274. The SMILES string of the molecule is CNc1nccc(C2CCN(C(=O)c3ccc(OC(F)(F)F)cc3N)CC2)n1. The first-order valence-electron chi connectivity index (χ1n) is 8.72. The first-order chi connectivity index (χ1) is 13.3. The van der Waals surface area contributed by atoms with Crippen molar-refractivity contribution in [2.75, 3.05) is 31.2 Å². The van der Waals surface area contributed by atoms with Gasteiger partial charge in [0.2, 0.25) is 5.95 Å². The quantitative estimate of drug-likeness (QED) is 0.773.